The molecule has 2 rings (SSSR count). The van der Waals surface area contributed by atoms with Crippen molar-refractivity contribution >= 4 is 46.3 Å². The van der Waals surface area contributed by atoms with Crippen LogP contribution in [0.1, 0.15) is 5.56 Å². The van der Waals surface area contributed by atoms with E-state index in [0.717, 1.165) is 14.9 Å². The van der Waals surface area contributed by atoms with E-state index in [1.54, 1.807) is 37.6 Å². The number of ether oxygens (including phenoxy) is 2. The van der Waals surface area contributed by atoms with Gasteiger partial charge in [0, 0.05) is 5.02 Å². The van der Waals surface area contributed by atoms with Crippen LogP contribution in [-0.4, -0.2) is 25.8 Å². The Morgan fingerprint density at radius 1 is 1.30 bits per heavy atom. The summed E-state index contributed by atoms with van der Waals surface area (Å²) in [5.41, 5.74) is 3.26. The van der Waals surface area contributed by atoms with Gasteiger partial charge in [-0.3, -0.25) is 4.79 Å². The van der Waals surface area contributed by atoms with Gasteiger partial charge in [-0.25, -0.2) is 5.43 Å². The van der Waals surface area contributed by atoms with Crippen LogP contribution in [0.5, 0.6) is 11.5 Å². The Bertz CT molecular complexity index is 705. The zero-order valence-corrected chi connectivity index (χ0v) is 15.2. The van der Waals surface area contributed by atoms with Gasteiger partial charge < -0.3 is 9.47 Å². The van der Waals surface area contributed by atoms with Crippen molar-refractivity contribution in [2.75, 3.05) is 13.7 Å². The first-order valence-electron chi connectivity index (χ1n) is 6.62. The summed E-state index contributed by atoms with van der Waals surface area (Å²) in [4.78, 5) is 11.6. The average Bonchev–Trinajstić information content (AvgIpc) is 2.54. The molecule has 7 heteroatoms. The molecule has 1 amide bonds. The van der Waals surface area contributed by atoms with Gasteiger partial charge in [-0.2, -0.15) is 5.10 Å². The number of rotatable bonds is 6. The molecular formula is C16H14ClIN2O3. The van der Waals surface area contributed by atoms with Crippen molar-refractivity contribution in [1.29, 1.82) is 0 Å². The number of nitrogens with zero attached hydrogens (tertiary/aromatic N) is 1. The molecule has 0 radical (unpaired) electrons. The van der Waals surface area contributed by atoms with Gasteiger partial charge in [-0.1, -0.05) is 11.6 Å². The van der Waals surface area contributed by atoms with E-state index < -0.39 is 0 Å². The summed E-state index contributed by atoms with van der Waals surface area (Å²) in [7, 11) is 1.62. The van der Waals surface area contributed by atoms with E-state index in [9.17, 15) is 4.79 Å². The Balaban J connectivity index is 1.81. The highest BCUT2D eigenvalue weighted by Gasteiger charge is 2.02. The lowest BCUT2D eigenvalue weighted by Crippen LogP contribution is -2.24. The number of hydrogen-bond donors (Lipinski definition) is 1. The summed E-state index contributed by atoms with van der Waals surface area (Å²) >= 11 is 7.94. The van der Waals surface area contributed by atoms with Crippen molar-refractivity contribution < 1.29 is 14.3 Å². The normalized spacial score (nSPS) is 10.6. The minimum atomic E-state index is -0.348. The number of carbonyl (C=O) groups is 1. The fourth-order valence-corrected chi connectivity index (χ4v) is 2.54. The zero-order valence-electron chi connectivity index (χ0n) is 12.3. The molecule has 2 aromatic carbocycles. The van der Waals surface area contributed by atoms with Gasteiger partial charge in [0.15, 0.2) is 6.61 Å². The summed E-state index contributed by atoms with van der Waals surface area (Å²) in [6, 6.07) is 12.4. The van der Waals surface area contributed by atoms with Crippen LogP contribution in [-0.2, 0) is 4.79 Å². The van der Waals surface area contributed by atoms with Gasteiger partial charge >= 0.3 is 0 Å². The first kappa shape index (κ1) is 17.6. The number of hydrogen-bond acceptors (Lipinski definition) is 4. The van der Waals surface area contributed by atoms with Crippen LogP contribution in [0.15, 0.2) is 47.6 Å². The van der Waals surface area contributed by atoms with E-state index >= 15 is 0 Å². The molecule has 0 atom stereocenters. The monoisotopic (exact) mass is 444 g/mol. The Morgan fingerprint density at radius 3 is 2.70 bits per heavy atom. The Morgan fingerprint density at radius 2 is 2.04 bits per heavy atom. The van der Waals surface area contributed by atoms with Crippen molar-refractivity contribution in [2.45, 2.75) is 0 Å². The Kier molecular flexibility index (Phi) is 6.66. The molecule has 0 bridgehead atoms. The largest absolute Gasteiger partial charge is 0.496 e. The second kappa shape index (κ2) is 8.73. The van der Waals surface area contributed by atoms with Crippen LogP contribution in [0.4, 0.5) is 0 Å². The predicted molar refractivity (Wildman–Crippen MR) is 98.4 cm³/mol. The molecule has 0 aliphatic rings. The maximum atomic E-state index is 11.6. The van der Waals surface area contributed by atoms with E-state index in [1.165, 1.54) is 0 Å². The Hall–Kier alpha value is -1.80. The van der Waals surface area contributed by atoms with Crippen LogP contribution in [0.3, 0.4) is 0 Å². The van der Waals surface area contributed by atoms with Crippen LogP contribution in [0.25, 0.3) is 0 Å². The van der Waals surface area contributed by atoms with Crippen LogP contribution >= 0.6 is 34.2 Å². The molecular weight excluding hydrogens is 431 g/mol. The number of halogens is 2. The molecule has 0 spiro atoms. The topological polar surface area (TPSA) is 59.9 Å². The van der Waals surface area contributed by atoms with Gasteiger partial charge in [0.1, 0.15) is 11.5 Å². The van der Waals surface area contributed by atoms with Crippen molar-refractivity contribution in [2.24, 2.45) is 5.10 Å². The number of hydrazone groups is 1. The molecule has 5 nitrogen and oxygen atoms in total. The highest BCUT2D eigenvalue weighted by atomic mass is 127. The van der Waals surface area contributed by atoms with Crippen LogP contribution < -0.4 is 14.9 Å². The smallest absolute Gasteiger partial charge is 0.277 e. The summed E-state index contributed by atoms with van der Waals surface area (Å²) in [6.45, 7) is -0.126. The van der Waals surface area contributed by atoms with Gasteiger partial charge in [0.2, 0.25) is 0 Å². The lowest BCUT2D eigenvalue weighted by molar-refractivity contribution is -0.123. The van der Waals surface area contributed by atoms with Gasteiger partial charge in [0.05, 0.1) is 16.9 Å². The van der Waals surface area contributed by atoms with Crippen molar-refractivity contribution in [3.8, 4) is 11.5 Å². The lowest BCUT2D eigenvalue weighted by atomic mass is 10.2. The zero-order chi connectivity index (χ0) is 16.7. The third-order valence-electron chi connectivity index (χ3n) is 2.76. The summed E-state index contributed by atoms with van der Waals surface area (Å²) in [6.07, 6.45) is 1.56. The van der Waals surface area contributed by atoms with Crippen LogP contribution in [0.2, 0.25) is 5.02 Å². The van der Waals surface area contributed by atoms with E-state index in [1.807, 2.05) is 18.2 Å². The fraction of sp³-hybridized carbons (Fsp3) is 0.125. The van der Waals surface area contributed by atoms with E-state index in [2.05, 4.69) is 33.1 Å². The summed E-state index contributed by atoms with van der Waals surface area (Å²) < 4.78 is 11.5. The third-order valence-corrected chi connectivity index (χ3v) is 3.86. The highest BCUT2D eigenvalue weighted by molar-refractivity contribution is 14.1. The number of nitrogens with one attached hydrogen (secondary N) is 1. The standard InChI is InChI=1S/C16H14ClIN2O3/c1-22-15-7-2-11(8-14(15)18)9-19-20-16(21)10-23-13-5-3-12(17)4-6-13/h2-9H,10H2,1H3,(H,20,21)/b19-9-. The van der Waals surface area contributed by atoms with E-state index in [-0.39, 0.29) is 12.5 Å². The number of benzene rings is 2. The van der Waals surface area contributed by atoms with Gasteiger partial charge in [0.25, 0.3) is 5.91 Å². The van der Waals surface area contributed by atoms with Crippen molar-refractivity contribution in [3.63, 3.8) is 0 Å². The molecule has 0 heterocycles. The first-order chi connectivity index (χ1) is 11.1. The molecule has 0 unspecified atom stereocenters. The molecule has 2 aromatic rings. The second-order valence-electron chi connectivity index (χ2n) is 4.43. The second-order valence-corrected chi connectivity index (χ2v) is 6.03. The minimum absolute atomic E-state index is 0.126. The molecule has 0 aliphatic heterocycles. The molecule has 120 valence electrons. The Labute approximate surface area is 152 Å². The van der Waals surface area contributed by atoms with Gasteiger partial charge in [-0.05, 0) is 70.6 Å². The predicted octanol–water partition coefficient (Wildman–Crippen LogP) is 3.48. The molecule has 0 aromatic heterocycles. The average molecular weight is 445 g/mol. The fourth-order valence-electron chi connectivity index (χ4n) is 1.65. The van der Waals surface area contributed by atoms with Crippen LogP contribution in [0, 0.1) is 3.57 Å². The molecule has 0 fully saturated rings. The van der Waals surface area contributed by atoms with Crippen molar-refractivity contribution in [1.82, 2.24) is 5.43 Å². The summed E-state index contributed by atoms with van der Waals surface area (Å²) in [5, 5.41) is 4.51. The van der Waals surface area contributed by atoms with Crippen molar-refractivity contribution in [3.05, 3.63) is 56.6 Å². The first-order valence-corrected chi connectivity index (χ1v) is 8.08. The minimum Gasteiger partial charge on any atom is -0.496 e. The van der Waals surface area contributed by atoms with E-state index in [4.69, 9.17) is 21.1 Å². The maximum absolute atomic E-state index is 11.6. The lowest BCUT2D eigenvalue weighted by Gasteiger charge is -2.05. The maximum Gasteiger partial charge on any atom is 0.277 e. The third kappa shape index (κ3) is 5.72. The van der Waals surface area contributed by atoms with Gasteiger partial charge in [-0.15, -0.1) is 0 Å². The number of carbonyl (C=O) groups excluding carboxylic acids is 1. The molecule has 23 heavy (non-hydrogen) atoms. The molecule has 0 saturated carbocycles. The van der Waals surface area contributed by atoms with E-state index in [0.29, 0.717) is 10.8 Å². The quantitative estimate of drug-likeness (QED) is 0.422. The molecule has 0 aliphatic carbocycles. The summed E-state index contributed by atoms with van der Waals surface area (Å²) in [5.74, 6) is 1.01. The number of amides is 1. The molecule has 0 saturated heterocycles. The molecule has 1 N–H and O–H groups in total. The number of methoxy groups -OCH3 is 1. The highest BCUT2D eigenvalue weighted by Crippen LogP contribution is 2.20. The SMILES string of the molecule is COc1ccc(/C=N\NC(=O)COc2ccc(Cl)cc2)cc1I.